The summed E-state index contributed by atoms with van der Waals surface area (Å²) in [7, 11) is 1.88. The van der Waals surface area contributed by atoms with Gasteiger partial charge in [-0.05, 0) is 15.9 Å². The highest BCUT2D eigenvalue weighted by atomic mass is 79.9. The van der Waals surface area contributed by atoms with Crippen molar-refractivity contribution in [3.63, 3.8) is 0 Å². The van der Waals surface area contributed by atoms with Crippen molar-refractivity contribution in [2.45, 2.75) is 12.6 Å². The molecule has 1 aromatic heterocycles. The van der Waals surface area contributed by atoms with E-state index in [1.54, 1.807) is 4.68 Å². The number of hydrogen-bond acceptors (Lipinski definition) is 4. The number of aryl methyl sites for hydroxylation is 1. The average Bonchev–Trinajstić information content (AvgIpc) is 2.32. The SMILES string of the molecule is Cn1nnc(Br)c1CNC1COC1. The highest BCUT2D eigenvalue weighted by molar-refractivity contribution is 9.10. The minimum absolute atomic E-state index is 0.488. The van der Waals surface area contributed by atoms with Gasteiger partial charge in [0.25, 0.3) is 0 Å². The van der Waals surface area contributed by atoms with E-state index >= 15 is 0 Å². The second-order valence-corrected chi connectivity index (χ2v) is 3.82. The van der Waals surface area contributed by atoms with E-state index in [1.165, 1.54) is 0 Å². The normalized spacial score (nSPS) is 17.4. The predicted molar refractivity (Wildman–Crippen MR) is 50.1 cm³/mol. The number of rotatable bonds is 3. The van der Waals surface area contributed by atoms with Crippen molar-refractivity contribution >= 4 is 15.9 Å². The Morgan fingerprint density at radius 3 is 2.92 bits per heavy atom. The molecule has 0 saturated carbocycles. The smallest absolute Gasteiger partial charge is 0.152 e. The summed E-state index contributed by atoms with van der Waals surface area (Å²) >= 11 is 3.34. The molecule has 0 spiro atoms. The topological polar surface area (TPSA) is 52.0 Å². The van der Waals surface area contributed by atoms with E-state index in [1.807, 2.05) is 7.05 Å². The maximum atomic E-state index is 5.05. The molecule has 2 rings (SSSR count). The maximum Gasteiger partial charge on any atom is 0.152 e. The molecular weight excluding hydrogens is 236 g/mol. The summed E-state index contributed by atoms with van der Waals surface area (Å²) in [5, 5.41) is 11.1. The molecule has 0 bridgehead atoms. The van der Waals surface area contributed by atoms with Crippen LogP contribution in [0.25, 0.3) is 0 Å². The van der Waals surface area contributed by atoms with Gasteiger partial charge in [0.05, 0.1) is 24.9 Å². The zero-order valence-corrected chi connectivity index (χ0v) is 8.91. The van der Waals surface area contributed by atoms with Crippen molar-refractivity contribution in [2.24, 2.45) is 7.05 Å². The molecule has 1 aromatic rings. The van der Waals surface area contributed by atoms with Crippen LogP contribution < -0.4 is 5.32 Å². The van der Waals surface area contributed by atoms with E-state index in [4.69, 9.17) is 4.74 Å². The monoisotopic (exact) mass is 246 g/mol. The highest BCUT2D eigenvalue weighted by Gasteiger charge is 2.18. The standard InChI is InChI=1S/C7H11BrN4O/c1-12-6(7(8)10-11-12)2-9-5-3-13-4-5/h5,9H,2-4H2,1H3. The Morgan fingerprint density at radius 2 is 2.46 bits per heavy atom. The first-order valence-corrected chi connectivity index (χ1v) is 4.92. The maximum absolute atomic E-state index is 5.05. The van der Waals surface area contributed by atoms with Crippen molar-refractivity contribution in [1.82, 2.24) is 20.3 Å². The van der Waals surface area contributed by atoms with E-state index in [-0.39, 0.29) is 0 Å². The van der Waals surface area contributed by atoms with E-state index in [2.05, 4.69) is 31.6 Å². The number of nitrogens with zero attached hydrogens (tertiary/aromatic N) is 3. The highest BCUT2D eigenvalue weighted by Crippen LogP contribution is 2.12. The molecule has 0 aromatic carbocycles. The first-order valence-electron chi connectivity index (χ1n) is 4.12. The van der Waals surface area contributed by atoms with Crippen LogP contribution in [-0.2, 0) is 18.3 Å². The fraction of sp³-hybridized carbons (Fsp3) is 0.714. The van der Waals surface area contributed by atoms with Gasteiger partial charge >= 0.3 is 0 Å². The van der Waals surface area contributed by atoms with Crippen LogP contribution in [0.5, 0.6) is 0 Å². The van der Waals surface area contributed by atoms with Gasteiger partial charge in [0.15, 0.2) is 4.60 Å². The van der Waals surface area contributed by atoms with E-state index in [0.29, 0.717) is 6.04 Å². The quantitative estimate of drug-likeness (QED) is 0.821. The number of ether oxygens (including phenoxy) is 1. The van der Waals surface area contributed by atoms with Crippen LogP contribution in [-0.4, -0.2) is 34.2 Å². The van der Waals surface area contributed by atoms with Crippen molar-refractivity contribution in [2.75, 3.05) is 13.2 Å². The molecule has 5 nitrogen and oxygen atoms in total. The summed E-state index contributed by atoms with van der Waals surface area (Å²) < 4.78 is 7.62. The third-order valence-corrected chi connectivity index (χ3v) is 2.71. The number of nitrogens with one attached hydrogen (secondary N) is 1. The first kappa shape index (κ1) is 9.11. The zero-order chi connectivity index (χ0) is 9.26. The molecule has 13 heavy (non-hydrogen) atoms. The lowest BCUT2D eigenvalue weighted by molar-refractivity contribution is -0.00604. The Hall–Kier alpha value is -0.460. The van der Waals surface area contributed by atoms with Gasteiger partial charge in [-0.2, -0.15) is 0 Å². The fourth-order valence-electron chi connectivity index (χ4n) is 1.13. The van der Waals surface area contributed by atoms with Crippen LogP contribution in [0.3, 0.4) is 0 Å². The summed E-state index contributed by atoms with van der Waals surface area (Å²) in [6.07, 6.45) is 0. The molecule has 0 radical (unpaired) electrons. The van der Waals surface area contributed by atoms with Gasteiger partial charge in [-0.25, -0.2) is 4.68 Å². The molecule has 6 heteroatoms. The Morgan fingerprint density at radius 1 is 1.69 bits per heavy atom. The molecule has 1 fully saturated rings. The van der Waals surface area contributed by atoms with Crippen LogP contribution in [0.4, 0.5) is 0 Å². The largest absolute Gasteiger partial charge is 0.378 e. The molecular formula is C7H11BrN4O. The third-order valence-electron chi connectivity index (χ3n) is 2.09. The second kappa shape index (κ2) is 3.73. The van der Waals surface area contributed by atoms with Crippen LogP contribution in [0, 0.1) is 0 Å². The number of aromatic nitrogens is 3. The minimum Gasteiger partial charge on any atom is -0.378 e. The molecule has 1 N–H and O–H groups in total. The number of halogens is 1. The molecule has 0 unspecified atom stereocenters. The lowest BCUT2D eigenvalue weighted by atomic mass is 10.2. The average molecular weight is 247 g/mol. The summed E-state index contributed by atoms with van der Waals surface area (Å²) in [4.78, 5) is 0. The Kier molecular flexibility index (Phi) is 2.61. The van der Waals surface area contributed by atoms with Crippen molar-refractivity contribution in [1.29, 1.82) is 0 Å². The Bertz CT molecular complexity index is 277. The number of hydrogen-bond donors (Lipinski definition) is 1. The summed E-state index contributed by atoms with van der Waals surface area (Å²) in [5.74, 6) is 0. The van der Waals surface area contributed by atoms with Gasteiger partial charge in [-0.15, -0.1) is 5.10 Å². The second-order valence-electron chi connectivity index (χ2n) is 3.07. The van der Waals surface area contributed by atoms with Gasteiger partial charge in [-0.1, -0.05) is 5.21 Å². The fourth-order valence-corrected chi connectivity index (χ4v) is 1.60. The lowest BCUT2D eigenvalue weighted by Crippen LogP contribution is -2.45. The van der Waals surface area contributed by atoms with Crippen LogP contribution in [0.1, 0.15) is 5.69 Å². The van der Waals surface area contributed by atoms with E-state index < -0.39 is 0 Å². The lowest BCUT2D eigenvalue weighted by Gasteiger charge is -2.26. The van der Waals surface area contributed by atoms with E-state index in [9.17, 15) is 0 Å². The van der Waals surface area contributed by atoms with Crippen LogP contribution in [0.2, 0.25) is 0 Å². The molecule has 0 amide bonds. The summed E-state index contributed by atoms with van der Waals surface area (Å²) in [6, 6.07) is 0.488. The third kappa shape index (κ3) is 1.90. The molecule has 1 saturated heterocycles. The molecule has 1 aliphatic heterocycles. The zero-order valence-electron chi connectivity index (χ0n) is 7.33. The minimum atomic E-state index is 0.488. The summed E-state index contributed by atoms with van der Waals surface area (Å²) in [5.41, 5.74) is 1.06. The molecule has 2 heterocycles. The van der Waals surface area contributed by atoms with Gasteiger partial charge in [0.1, 0.15) is 0 Å². The molecule has 1 aliphatic rings. The van der Waals surface area contributed by atoms with Gasteiger partial charge in [-0.3, -0.25) is 0 Å². The van der Waals surface area contributed by atoms with E-state index in [0.717, 1.165) is 30.1 Å². The summed E-state index contributed by atoms with van der Waals surface area (Å²) in [6.45, 7) is 2.39. The Labute approximate surface area is 84.6 Å². The molecule has 0 atom stereocenters. The van der Waals surface area contributed by atoms with Crippen molar-refractivity contribution in [3.8, 4) is 0 Å². The molecule has 0 aliphatic carbocycles. The predicted octanol–water partition coefficient (Wildman–Crippen LogP) is 0.0660. The van der Waals surface area contributed by atoms with Gasteiger partial charge < -0.3 is 10.1 Å². The van der Waals surface area contributed by atoms with Crippen LogP contribution in [0.15, 0.2) is 4.60 Å². The molecule has 72 valence electrons. The van der Waals surface area contributed by atoms with Crippen molar-refractivity contribution in [3.05, 3.63) is 10.3 Å². The van der Waals surface area contributed by atoms with Crippen LogP contribution >= 0.6 is 15.9 Å². The Balaban J connectivity index is 1.92. The first-order chi connectivity index (χ1) is 6.27. The van der Waals surface area contributed by atoms with Gasteiger partial charge in [0.2, 0.25) is 0 Å². The van der Waals surface area contributed by atoms with Gasteiger partial charge in [0, 0.05) is 13.6 Å². The van der Waals surface area contributed by atoms with Crippen molar-refractivity contribution < 1.29 is 4.74 Å².